The molecule has 1 N–H and O–H groups in total. The number of hydrogen-bond donors (Lipinski definition) is 1. The lowest BCUT2D eigenvalue weighted by Gasteiger charge is -2.45. The molecule has 4 rings (SSSR count). The van der Waals surface area contributed by atoms with Crippen molar-refractivity contribution >= 4 is 11.8 Å². The van der Waals surface area contributed by atoms with Crippen molar-refractivity contribution in [1.29, 1.82) is 0 Å². The van der Waals surface area contributed by atoms with E-state index in [1.54, 1.807) is 19.1 Å². The van der Waals surface area contributed by atoms with Crippen molar-refractivity contribution in [3.8, 4) is 11.5 Å². The summed E-state index contributed by atoms with van der Waals surface area (Å²) in [5.41, 5.74) is 1.37. The molecular formula is C30H43N2O7+. The fourth-order valence-electron chi connectivity index (χ4n) is 5.49. The molecule has 1 unspecified atom stereocenters. The summed E-state index contributed by atoms with van der Waals surface area (Å²) in [4.78, 5) is 14.6. The van der Waals surface area contributed by atoms with Gasteiger partial charge >= 0.3 is 6.09 Å². The van der Waals surface area contributed by atoms with Gasteiger partial charge in [-0.25, -0.2) is 4.79 Å². The molecule has 2 aromatic rings. The molecule has 39 heavy (non-hydrogen) atoms. The van der Waals surface area contributed by atoms with Gasteiger partial charge in [0.1, 0.15) is 24.5 Å². The van der Waals surface area contributed by atoms with Crippen molar-refractivity contribution in [3.63, 3.8) is 0 Å². The third-order valence-electron chi connectivity index (χ3n) is 7.40. The molecule has 1 amide bonds. The normalized spacial score (nSPS) is 25.0. The number of rotatable bonds is 9. The minimum absolute atomic E-state index is 0.163. The van der Waals surface area contributed by atoms with Crippen LogP contribution in [0.3, 0.4) is 0 Å². The molecule has 0 spiro atoms. The Bertz CT molecular complexity index is 1090. The van der Waals surface area contributed by atoms with E-state index in [1.165, 1.54) is 0 Å². The van der Waals surface area contributed by atoms with Gasteiger partial charge in [-0.3, -0.25) is 4.48 Å². The lowest BCUT2D eigenvalue weighted by atomic mass is 9.84. The van der Waals surface area contributed by atoms with E-state index in [1.807, 2.05) is 63.2 Å². The van der Waals surface area contributed by atoms with Crippen LogP contribution in [0.1, 0.15) is 38.7 Å². The number of fused-ring (bicyclic) bond motifs is 1. The van der Waals surface area contributed by atoms with Gasteiger partial charge in [0.2, 0.25) is 0 Å². The Labute approximate surface area is 231 Å². The topological polar surface area (TPSA) is 86.7 Å². The van der Waals surface area contributed by atoms with Gasteiger partial charge in [0.15, 0.2) is 18.2 Å². The highest BCUT2D eigenvalue weighted by Gasteiger charge is 2.44. The van der Waals surface area contributed by atoms with E-state index >= 15 is 0 Å². The van der Waals surface area contributed by atoms with Crippen molar-refractivity contribution in [1.82, 2.24) is 9.38 Å². The van der Waals surface area contributed by atoms with Crippen LogP contribution < -0.4 is 14.0 Å². The van der Waals surface area contributed by atoms with Crippen molar-refractivity contribution in [2.75, 3.05) is 60.3 Å². The van der Waals surface area contributed by atoms with Gasteiger partial charge in [-0.2, -0.15) is 0 Å². The number of β-amino-alcohol motifs (C(OH)–C–C–N with tert-alkyl or cyclic N) is 1. The van der Waals surface area contributed by atoms with Gasteiger partial charge in [-0.15, -0.1) is 0 Å². The van der Waals surface area contributed by atoms with Crippen LogP contribution in [0.25, 0.3) is 0 Å². The van der Waals surface area contributed by atoms with Gasteiger partial charge in [0.05, 0.1) is 45.6 Å². The number of hydrogen-bond acceptors (Lipinski definition) is 7. The SMILES string of the molecule is COCCC[N+]1(CO[C@H]2CN(C(=O)OC(C)(C)C)C[C@@H](O)[C@@H]2c2ccc(OC)cc2)CCOc2ccccc21. The number of likely N-dealkylation sites (tertiary alicyclic amines) is 1. The average Bonchev–Trinajstić information content (AvgIpc) is 2.91. The van der Waals surface area contributed by atoms with Crippen LogP contribution in [0.5, 0.6) is 11.5 Å². The summed E-state index contributed by atoms with van der Waals surface area (Å²) in [6.07, 6.45) is -0.886. The Hall–Kier alpha value is -2.85. The highest BCUT2D eigenvalue weighted by atomic mass is 16.6. The number of methoxy groups -OCH3 is 2. The van der Waals surface area contributed by atoms with E-state index in [-0.39, 0.29) is 12.5 Å². The summed E-state index contributed by atoms with van der Waals surface area (Å²) in [6.45, 7) is 9.13. The minimum atomic E-state index is -0.830. The minimum Gasteiger partial charge on any atom is -0.497 e. The number of piperidine rings is 1. The van der Waals surface area contributed by atoms with Gasteiger partial charge in [-0.1, -0.05) is 24.3 Å². The van der Waals surface area contributed by atoms with Crippen LogP contribution in [0.15, 0.2) is 48.5 Å². The first-order valence-corrected chi connectivity index (χ1v) is 13.6. The molecule has 0 saturated carbocycles. The number of quaternary nitrogens is 1. The van der Waals surface area contributed by atoms with Crippen molar-refractivity contribution in [2.24, 2.45) is 0 Å². The van der Waals surface area contributed by atoms with Crippen molar-refractivity contribution in [3.05, 3.63) is 54.1 Å². The Morgan fingerprint density at radius 2 is 1.85 bits per heavy atom. The van der Waals surface area contributed by atoms with Crippen LogP contribution in [0.2, 0.25) is 0 Å². The molecule has 0 aliphatic carbocycles. The van der Waals surface area contributed by atoms with Crippen LogP contribution in [-0.2, 0) is 14.2 Å². The van der Waals surface area contributed by atoms with Crippen molar-refractivity contribution < 1.29 is 33.6 Å². The molecule has 0 radical (unpaired) electrons. The number of para-hydroxylation sites is 2. The summed E-state index contributed by atoms with van der Waals surface area (Å²) in [5, 5.41) is 11.4. The van der Waals surface area contributed by atoms with Gasteiger partial charge in [0, 0.05) is 25.5 Å². The maximum Gasteiger partial charge on any atom is 0.410 e. The molecule has 0 bridgehead atoms. The molecule has 2 heterocycles. The second-order valence-corrected chi connectivity index (χ2v) is 11.3. The zero-order chi connectivity index (χ0) is 28.0. The quantitative estimate of drug-likeness (QED) is 0.375. The van der Waals surface area contributed by atoms with Crippen LogP contribution >= 0.6 is 0 Å². The predicted molar refractivity (Wildman–Crippen MR) is 149 cm³/mol. The standard InChI is InChI=1S/C30H43N2O7/c1-30(2,3)39-29(34)31-19-25(33)28(22-11-13-23(36-5)14-12-22)27(20-31)38-21-32(15-8-17-35-4)16-18-37-26-10-7-6-9-24(26)32/h6-7,9-14,25,27-28,33H,8,15-21H2,1-5H3/q+1/t25-,27+,28+,32?/m1/s1. The number of benzene rings is 2. The van der Waals surface area contributed by atoms with E-state index in [0.29, 0.717) is 31.0 Å². The van der Waals surface area contributed by atoms with E-state index in [4.69, 9.17) is 23.7 Å². The predicted octanol–water partition coefficient (Wildman–Crippen LogP) is 4.17. The van der Waals surface area contributed by atoms with E-state index < -0.39 is 23.9 Å². The zero-order valence-corrected chi connectivity index (χ0v) is 23.8. The second kappa shape index (κ2) is 12.6. The van der Waals surface area contributed by atoms with Gasteiger partial charge < -0.3 is 33.7 Å². The maximum absolute atomic E-state index is 13.0. The highest BCUT2D eigenvalue weighted by molar-refractivity contribution is 5.68. The number of carbonyl (C=O) groups excluding carboxylic acids is 1. The molecule has 1 fully saturated rings. The Morgan fingerprint density at radius 1 is 1.10 bits per heavy atom. The molecule has 1 saturated heterocycles. The van der Waals surface area contributed by atoms with Gasteiger partial charge in [0.25, 0.3) is 0 Å². The fraction of sp³-hybridized carbons (Fsp3) is 0.567. The summed E-state index contributed by atoms with van der Waals surface area (Å²) in [6, 6.07) is 15.8. The number of carbonyl (C=O) groups is 1. The molecule has 2 aliphatic heterocycles. The van der Waals surface area contributed by atoms with Crippen LogP contribution in [0, 0.1) is 0 Å². The molecule has 9 nitrogen and oxygen atoms in total. The number of aliphatic hydroxyl groups excluding tert-OH is 1. The van der Waals surface area contributed by atoms with E-state index in [0.717, 1.165) is 42.3 Å². The van der Waals surface area contributed by atoms with E-state index in [2.05, 4.69) is 6.07 Å². The number of aliphatic hydroxyl groups is 1. The molecule has 214 valence electrons. The molecule has 9 heteroatoms. The summed E-state index contributed by atoms with van der Waals surface area (Å²) in [7, 11) is 3.34. The maximum atomic E-state index is 13.0. The average molecular weight is 544 g/mol. The largest absolute Gasteiger partial charge is 0.497 e. The Balaban J connectivity index is 1.63. The number of nitrogens with zero attached hydrogens (tertiary/aromatic N) is 2. The van der Waals surface area contributed by atoms with Crippen LogP contribution in [-0.4, -0.2) is 94.3 Å². The summed E-state index contributed by atoms with van der Waals surface area (Å²) < 4.78 is 29.7. The lowest BCUT2D eigenvalue weighted by molar-refractivity contribution is -0.0976. The molecule has 2 aromatic carbocycles. The summed E-state index contributed by atoms with van der Waals surface area (Å²) >= 11 is 0. The van der Waals surface area contributed by atoms with Gasteiger partial charge in [-0.05, 0) is 44.5 Å². The Kier molecular flexibility index (Phi) is 9.38. The summed E-state index contributed by atoms with van der Waals surface area (Å²) in [5.74, 6) is 1.27. The zero-order valence-electron chi connectivity index (χ0n) is 23.8. The van der Waals surface area contributed by atoms with E-state index in [9.17, 15) is 9.90 Å². The fourth-order valence-corrected chi connectivity index (χ4v) is 5.49. The Morgan fingerprint density at radius 3 is 2.54 bits per heavy atom. The highest BCUT2D eigenvalue weighted by Crippen LogP contribution is 2.39. The number of amides is 1. The molecule has 2 aliphatic rings. The second-order valence-electron chi connectivity index (χ2n) is 11.3. The smallest absolute Gasteiger partial charge is 0.410 e. The first-order valence-electron chi connectivity index (χ1n) is 13.6. The molecule has 0 aromatic heterocycles. The van der Waals surface area contributed by atoms with Crippen molar-refractivity contribution in [2.45, 2.75) is 50.9 Å². The van der Waals surface area contributed by atoms with Crippen LogP contribution in [0.4, 0.5) is 10.5 Å². The third-order valence-corrected chi connectivity index (χ3v) is 7.40. The lowest BCUT2D eigenvalue weighted by Crippen LogP contribution is -2.59. The molecule has 4 atom stereocenters. The first kappa shape index (κ1) is 29.1. The third kappa shape index (κ3) is 7.03. The first-order chi connectivity index (χ1) is 18.7. The number of ether oxygens (including phenoxy) is 5. The monoisotopic (exact) mass is 543 g/mol. The molecular weight excluding hydrogens is 500 g/mol.